The van der Waals surface area contributed by atoms with Crippen LogP contribution >= 0.6 is 11.3 Å². The summed E-state index contributed by atoms with van der Waals surface area (Å²) >= 11 is 1.92. The summed E-state index contributed by atoms with van der Waals surface area (Å²) in [5.74, 6) is 0. The number of fused-ring (bicyclic) bond motifs is 14. The van der Waals surface area contributed by atoms with Gasteiger partial charge in [0.2, 0.25) is 0 Å². The fourth-order valence-electron chi connectivity index (χ4n) is 16.0. The molecule has 2 unspecified atom stereocenters. The molecule has 394 valence electrons. The van der Waals surface area contributed by atoms with Crippen molar-refractivity contribution in [2.75, 3.05) is 14.7 Å². The second-order valence-electron chi connectivity index (χ2n) is 27.0. The Balaban J connectivity index is 1.10. The molecule has 0 radical (unpaired) electrons. The van der Waals surface area contributed by atoms with Gasteiger partial charge in [-0.1, -0.05) is 177 Å². The van der Waals surface area contributed by atoms with Crippen molar-refractivity contribution in [3.63, 3.8) is 0 Å². The Morgan fingerprint density at radius 3 is 1.90 bits per heavy atom. The van der Waals surface area contributed by atoms with E-state index in [0.717, 1.165) is 53.3 Å². The van der Waals surface area contributed by atoms with Crippen molar-refractivity contribution in [2.45, 2.75) is 128 Å². The summed E-state index contributed by atoms with van der Waals surface area (Å²) in [6.45, 7) is 22.1. The van der Waals surface area contributed by atoms with Gasteiger partial charge in [0, 0.05) is 65.3 Å². The molecule has 5 aliphatic rings. The zero-order valence-corrected chi connectivity index (χ0v) is 48.5. The third-order valence-electron chi connectivity index (χ3n) is 20.6. The smallest absolute Gasteiger partial charge is 0.252 e. The zero-order valence-electron chi connectivity index (χ0n) is 47.7. The summed E-state index contributed by atoms with van der Waals surface area (Å²) in [6, 6.07) is 68.3. The van der Waals surface area contributed by atoms with Crippen LogP contribution in [0.5, 0.6) is 0 Å². The molecule has 1 fully saturated rings. The largest absolute Gasteiger partial charge is 0.456 e. The Kier molecular flexibility index (Phi) is 10.0. The SMILES string of the molecule is CC(C)(C)c1ccc(N2c3cc4sc5ccccc5c4cc3B3c4cc5c(cc4N(c4cccc6oc7ccccc7c46)c4cc(N6c7ccccc7C7(C)CCCCC67C)cc2c43)C(C)(C)CCC5(C)C)c(-c2ccccc2)c1. The Morgan fingerprint density at radius 1 is 0.475 bits per heavy atom. The maximum absolute atomic E-state index is 6.85. The highest BCUT2D eigenvalue weighted by atomic mass is 32.1. The minimum atomic E-state index is -0.174. The lowest BCUT2D eigenvalue weighted by atomic mass is 9.33. The molecule has 1 saturated carbocycles. The molecule has 0 saturated heterocycles. The fourth-order valence-corrected chi connectivity index (χ4v) is 17.1. The summed E-state index contributed by atoms with van der Waals surface area (Å²) in [7, 11) is 0. The highest BCUT2D eigenvalue weighted by molar-refractivity contribution is 7.26. The molecule has 6 heteroatoms. The Hall–Kier alpha value is -7.54. The molecule has 2 atom stereocenters. The number of anilines is 8. The van der Waals surface area contributed by atoms with Crippen molar-refractivity contribution in [3.8, 4) is 11.1 Å². The first-order chi connectivity index (χ1) is 38.5. The van der Waals surface area contributed by atoms with Gasteiger partial charge in [-0.25, -0.2) is 0 Å². The molecule has 4 nitrogen and oxygen atoms in total. The van der Waals surface area contributed by atoms with Crippen LogP contribution in [0.1, 0.15) is 123 Å². The zero-order chi connectivity index (χ0) is 54.4. The normalized spacial score (nSPS) is 20.5. The highest BCUT2D eigenvalue weighted by Gasteiger charge is 2.58. The molecule has 0 bridgehead atoms. The van der Waals surface area contributed by atoms with Crippen LogP contribution in [0.4, 0.5) is 45.5 Å². The van der Waals surface area contributed by atoms with E-state index < -0.39 is 0 Å². The lowest BCUT2D eigenvalue weighted by Crippen LogP contribution is -2.62. The number of thiophene rings is 1. The third kappa shape index (κ3) is 6.57. The van der Waals surface area contributed by atoms with Gasteiger partial charge in [0.1, 0.15) is 11.2 Å². The van der Waals surface area contributed by atoms with Crippen molar-refractivity contribution in [1.29, 1.82) is 0 Å². The second kappa shape index (κ2) is 16.5. The summed E-state index contributed by atoms with van der Waals surface area (Å²) in [5, 5.41) is 4.93. The van der Waals surface area contributed by atoms with Crippen LogP contribution in [0.3, 0.4) is 0 Å². The molecule has 9 aromatic carbocycles. The summed E-state index contributed by atoms with van der Waals surface area (Å²) in [5.41, 5.74) is 23.6. The summed E-state index contributed by atoms with van der Waals surface area (Å²) < 4.78 is 9.48. The van der Waals surface area contributed by atoms with Gasteiger partial charge < -0.3 is 19.1 Å². The Morgan fingerprint density at radius 2 is 1.11 bits per heavy atom. The van der Waals surface area contributed by atoms with E-state index in [1.807, 2.05) is 11.3 Å². The lowest BCUT2D eigenvalue weighted by molar-refractivity contribution is 0.195. The monoisotopic (exact) mass is 1060 g/mol. The number of nitrogens with zero attached hydrogens (tertiary/aromatic N) is 3. The number of hydrogen-bond acceptors (Lipinski definition) is 5. The topological polar surface area (TPSA) is 22.9 Å². The van der Waals surface area contributed by atoms with Crippen molar-refractivity contribution < 1.29 is 4.42 Å². The van der Waals surface area contributed by atoms with E-state index in [2.05, 4.69) is 253 Å². The molecular formula is C74H68BN3OS. The maximum Gasteiger partial charge on any atom is 0.252 e. The first-order valence-corrected chi connectivity index (χ1v) is 30.3. The number of hydrogen-bond donors (Lipinski definition) is 0. The first kappa shape index (κ1) is 48.4. The van der Waals surface area contributed by atoms with E-state index in [4.69, 9.17) is 4.42 Å². The molecule has 2 aromatic heterocycles. The third-order valence-corrected chi connectivity index (χ3v) is 21.7. The minimum Gasteiger partial charge on any atom is -0.456 e. The van der Waals surface area contributed by atoms with E-state index in [1.54, 1.807) is 0 Å². The van der Waals surface area contributed by atoms with Crippen molar-refractivity contribution >= 4 is 122 Å². The van der Waals surface area contributed by atoms with Crippen LogP contribution in [0, 0.1) is 0 Å². The summed E-state index contributed by atoms with van der Waals surface area (Å²) in [4.78, 5) is 8.25. The first-order valence-electron chi connectivity index (χ1n) is 29.4. The molecule has 16 rings (SSSR count). The van der Waals surface area contributed by atoms with E-state index in [1.165, 1.54) is 123 Å². The summed E-state index contributed by atoms with van der Waals surface area (Å²) in [6.07, 6.45) is 6.98. The number of para-hydroxylation sites is 2. The molecule has 0 N–H and O–H groups in total. The standard InChI is InChI=1S/C74H68BN3OS/c1-70(2,3)46-32-33-57(50(38-46)45-22-11-10-12-23-45)76-61-44-67-51(48-24-14-18-31-66(48)80-67)41-55(61)75-56-42-53-54(72(6,7)37-36-71(53,4)5)43-60(56)77(59-28-21-30-65-68(59)49-25-13-17-29-64(49)79-65)63-40-47(39-62(76)69(63)75)78-58-27-16-15-26-52(58)73(8)34-19-20-35-74(73,78)9/h10-18,21-33,38-44H,19-20,34-37H2,1-9H3. The van der Waals surface area contributed by atoms with E-state index >= 15 is 0 Å². The highest BCUT2D eigenvalue weighted by Crippen LogP contribution is 2.62. The van der Waals surface area contributed by atoms with Crippen LogP contribution in [0.25, 0.3) is 53.2 Å². The van der Waals surface area contributed by atoms with E-state index in [9.17, 15) is 0 Å². The van der Waals surface area contributed by atoms with Crippen LogP contribution in [-0.2, 0) is 21.7 Å². The lowest BCUT2D eigenvalue weighted by Gasteiger charge is -2.51. The van der Waals surface area contributed by atoms with Crippen molar-refractivity contribution in [1.82, 2.24) is 0 Å². The van der Waals surface area contributed by atoms with Gasteiger partial charge >= 0.3 is 0 Å². The number of furan rings is 1. The van der Waals surface area contributed by atoms with Gasteiger partial charge in [-0.15, -0.1) is 11.3 Å². The molecule has 0 spiro atoms. The van der Waals surface area contributed by atoms with Crippen molar-refractivity contribution in [2.24, 2.45) is 0 Å². The molecule has 3 aliphatic heterocycles. The molecular weight excluding hydrogens is 990 g/mol. The van der Waals surface area contributed by atoms with Crippen LogP contribution in [-0.4, -0.2) is 12.3 Å². The van der Waals surface area contributed by atoms with Gasteiger partial charge in [-0.2, -0.15) is 0 Å². The average Bonchev–Trinajstić information content (AvgIpc) is 2.62. The Bertz CT molecular complexity index is 4440. The van der Waals surface area contributed by atoms with Crippen molar-refractivity contribution in [3.05, 3.63) is 198 Å². The molecule has 0 amide bonds. The van der Waals surface area contributed by atoms with E-state index in [0.29, 0.717) is 0 Å². The molecule has 2 aliphatic carbocycles. The predicted octanol–water partition coefficient (Wildman–Crippen LogP) is 19.1. The quantitative estimate of drug-likeness (QED) is 0.164. The fraction of sp³-hybridized carbons (Fsp3) is 0.270. The molecule has 11 aromatic rings. The Labute approximate surface area is 475 Å². The van der Waals surface area contributed by atoms with Gasteiger partial charge in [0.25, 0.3) is 6.71 Å². The predicted molar refractivity (Wildman–Crippen MR) is 343 cm³/mol. The second-order valence-corrected chi connectivity index (χ2v) is 28.1. The average molecular weight is 1060 g/mol. The maximum atomic E-state index is 6.85. The number of benzene rings is 9. The van der Waals surface area contributed by atoms with Crippen LogP contribution in [0.2, 0.25) is 0 Å². The molecule has 80 heavy (non-hydrogen) atoms. The molecule has 5 heterocycles. The van der Waals surface area contributed by atoms with Gasteiger partial charge in [-0.3, -0.25) is 0 Å². The van der Waals surface area contributed by atoms with Crippen LogP contribution < -0.4 is 31.1 Å². The van der Waals surface area contributed by atoms with Crippen LogP contribution in [0.15, 0.2) is 180 Å². The minimum absolute atomic E-state index is 0.0138. The van der Waals surface area contributed by atoms with Gasteiger partial charge in [0.05, 0.1) is 22.3 Å². The van der Waals surface area contributed by atoms with Gasteiger partial charge in [0.15, 0.2) is 0 Å². The van der Waals surface area contributed by atoms with Gasteiger partial charge in [-0.05, 0) is 165 Å². The van der Waals surface area contributed by atoms with E-state index in [-0.39, 0.29) is 33.9 Å². The number of rotatable bonds is 4.